The molecule has 5 heteroatoms. The van der Waals surface area contributed by atoms with Gasteiger partial charge in [0.1, 0.15) is 11.7 Å². The number of methoxy groups -OCH3 is 1. The van der Waals surface area contributed by atoms with Crippen LogP contribution in [0, 0.1) is 0 Å². The average Bonchev–Trinajstić information content (AvgIpc) is 2.55. The molecule has 0 spiro atoms. The summed E-state index contributed by atoms with van der Waals surface area (Å²) in [6.07, 6.45) is -0.183. The summed E-state index contributed by atoms with van der Waals surface area (Å²) in [5.41, 5.74) is -0.941. The van der Waals surface area contributed by atoms with Gasteiger partial charge in [-0.25, -0.2) is 0 Å². The maximum absolute atomic E-state index is 11.4. The third kappa shape index (κ3) is 2.90. The SMILES string of the molecule is COC(C)C(=O)NCC1(O)CCOC1C. The maximum Gasteiger partial charge on any atom is 0.248 e. The standard InChI is InChI=1S/C10H19NO4/c1-7(14-3)9(12)11-6-10(13)4-5-15-8(10)2/h7-8,13H,4-6H2,1-3H3,(H,11,12). The predicted octanol–water partition coefficient (Wildman–Crippen LogP) is -0.323. The second kappa shape index (κ2) is 4.92. The summed E-state index contributed by atoms with van der Waals surface area (Å²) in [6.45, 7) is 4.21. The van der Waals surface area contributed by atoms with Gasteiger partial charge in [0.05, 0.1) is 6.10 Å². The number of nitrogens with one attached hydrogen (secondary N) is 1. The van der Waals surface area contributed by atoms with Crippen molar-refractivity contribution in [3.05, 3.63) is 0 Å². The van der Waals surface area contributed by atoms with Crippen LogP contribution in [0.5, 0.6) is 0 Å². The molecule has 1 aliphatic rings. The monoisotopic (exact) mass is 217 g/mol. The molecule has 3 atom stereocenters. The van der Waals surface area contributed by atoms with Crippen molar-refractivity contribution in [3.63, 3.8) is 0 Å². The van der Waals surface area contributed by atoms with Gasteiger partial charge < -0.3 is 19.9 Å². The van der Waals surface area contributed by atoms with Crippen LogP contribution < -0.4 is 5.32 Å². The van der Waals surface area contributed by atoms with Gasteiger partial charge in [0.15, 0.2) is 0 Å². The first-order valence-corrected chi connectivity index (χ1v) is 5.14. The molecule has 0 radical (unpaired) electrons. The molecule has 5 nitrogen and oxygen atoms in total. The lowest BCUT2D eigenvalue weighted by Gasteiger charge is -2.26. The minimum atomic E-state index is -0.941. The molecule has 2 N–H and O–H groups in total. The second-order valence-corrected chi connectivity index (χ2v) is 3.96. The Morgan fingerprint density at radius 2 is 2.47 bits per heavy atom. The van der Waals surface area contributed by atoms with Gasteiger partial charge in [-0.2, -0.15) is 0 Å². The summed E-state index contributed by atoms with van der Waals surface area (Å²) in [6, 6.07) is 0. The smallest absolute Gasteiger partial charge is 0.248 e. The van der Waals surface area contributed by atoms with E-state index in [0.29, 0.717) is 13.0 Å². The van der Waals surface area contributed by atoms with Gasteiger partial charge in [-0.05, 0) is 13.8 Å². The van der Waals surface area contributed by atoms with Crippen molar-refractivity contribution in [1.82, 2.24) is 5.32 Å². The molecule has 0 saturated carbocycles. The highest BCUT2D eigenvalue weighted by atomic mass is 16.5. The summed E-state index contributed by atoms with van der Waals surface area (Å²) in [4.78, 5) is 11.4. The Morgan fingerprint density at radius 3 is 2.93 bits per heavy atom. The van der Waals surface area contributed by atoms with E-state index in [2.05, 4.69) is 5.32 Å². The highest BCUT2D eigenvalue weighted by molar-refractivity contribution is 5.80. The van der Waals surface area contributed by atoms with Crippen LogP contribution in [0.4, 0.5) is 0 Å². The molecule has 0 aromatic heterocycles. The molecule has 3 unspecified atom stereocenters. The van der Waals surface area contributed by atoms with E-state index in [0.717, 1.165) is 0 Å². The lowest BCUT2D eigenvalue weighted by Crippen LogP contribution is -2.49. The van der Waals surface area contributed by atoms with Crippen LogP contribution in [0.2, 0.25) is 0 Å². The first-order valence-electron chi connectivity index (χ1n) is 5.14. The van der Waals surface area contributed by atoms with Crippen LogP contribution >= 0.6 is 0 Å². The van der Waals surface area contributed by atoms with Crippen molar-refractivity contribution in [2.24, 2.45) is 0 Å². The highest BCUT2D eigenvalue weighted by Crippen LogP contribution is 2.24. The number of rotatable bonds is 4. The van der Waals surface area contributed by atoms with Crippen LogP contribution in [0.1, 0.15) is 20.3 Å². The molecule has 0 bridgehead atoms. The van der Waals surface area contributed by atoms with E-state index in [1.807, 2.05) is 0 Å². The van der Waals surface area contributed by atoms with Crippen molar-refractivity contribution < 1.29 is 19.4 Å². The fraction of sp³-hybridized carbons (Fsp3) is 0.900. The van der Waals surface area contributed by atoms with E-state index in [9.17, 15) is 9.90 Å². The molecule has 1 heterocycles. The number of amides is 1. The molecule has 15 heavy (non-hydrogen) atoms. The summed E-state index contributed by atoms with van der Waals surface area (Å²) in [5, 5.41) is 12.7. The number of carbonyl (C=O) groups excluding carboxylic acids is 1. The van der Waals surface area contributed by atoms with Gasteiger partial charge in [-0.1, -0.05) is 0 Å². The molecule has 1 aliphatic heterocycles. The van der Waals surface area contributed by atoms with Crippen molar-refractivity contribution >= 4 is 5.91 Å². The molecule has 0 aromatic carbocycles. The van der Waals surface area contributed by atoms with Crippen LogP contribution in [-0.4, -0.2) is 49.1 Å². The number of aliphatic hydroxyl groups is 1. The van der Waals surface area contributed by atoms with Crippen LogP contribution in [0.3, 0.4) is 0 Å². The fourth-order valence-electron chi connectivity index (χ4n) is 1.49. The van der Waals surface area contributed by atoms with Crippen molar-refractivity contribution in [1.29, 1.82) is 0 Å². The Hall–Kier alpha value is -0.650. The van der Waals surface area contributed by atoms with Crippen LogP contribution in [-0.2, 0) is 14.3 Å². The Morgan fingerprint density at radius 1 is 1.80 bits per heavy atom. The molecule has 0 aliphatic carbocycles. The average molecular weight is 217 g/mol. The molecule has 88 valence electrons. The summed E-state index contributed by atoms with van der Waals surface area (Å²) < 4.78 is 10.1. The van der Waals surface area contributed by atoms with E-state index in [1.54, 1.807) is 13.8 Å². The van der Waals surface area contributed by atoms with Crippen molar-refractivity contribution in [2.75, 3.05) is 20.3 Å². The van der Waals surface area contributed by atoms with Crippen LogP contribution in [0.25, 0.3) is 0 Å². The number of hydrogen-bond donors (Lipinski definition) is 2. The Kier molecular flexibility index (Phi) is 4.07. The minimum absolute atomic E-state index is 0.209. The second-order valence-electron chi connectivity index (χ2n) is 3.96. The van der Waals surface area contributed by atoms with E-state index in [1.165, 1.54) is 7.11 Å². The number of hydrogen-bond acceptors (Lipinski definition) is 4. The Labute approximate surface area is 89.8 Å². The quantitative estimate of drug-likeness (QED) is 0.677. The zero-order chi connectivity index (χ0) is 11.5. The number of ether oxygens (including phenoxy) is 2. The summed E-state index contributed by atoms with van der Waals surface area (Å²) >= 11 is 0. The maximum atomic E-state index is 11.4. The Bertz CT molecular complexity index is 233. The predicted molar refractivity (Wildman–Crippen MR) is 54.5 cm³/mol. The van der Waals surface area contributed by atoms with E-state index in [4.69, 9.17) is 9.47 Å². The van der Waals surface area contributed by atoms with Gasteiger partial charge in [0, 0.05) is 26.7 Å². The van der Waals surface area contributed by atoms with Crippen molar-refractivity contribution in [3.8, 4) is 0 Å². The minimum Gasteiger partial charge on any atom is -0.385 e. The normalized spacial score (nSPS) is 32.7. The third-order valence-electron chi connectivity index (χ3n) is 2.95. The Balaban J connectivity index is 2.39. The lowest BCUT2D eigenvalue weighted by molar-refractivity contribution is -0.131. The first-order chi connectivity index (χ1) is 6.99. The van der Waals surface area contributed by atoms with Gasteiger partial charge in [-0.15, -0.1) is 0 Å². The van der Waals surface area contributed by atoms with E-state index in [-0.39, 0.29) is 18.6 Å². The molecule has 0 aromatic rings. The van der Waals surface area contributed by atoms with Gasteiger partial charge in [-0.3, -0.25) is 4.79 Å². The van der Waals surface area contributed by atoms with Crippen molar-refractivity contribution in [2.45, 2.75) is 38.1 Å². The highest BCUT2D eigenvalue weighted by Gasteiger charge is 2.39. The molecule has 1 saturated heterocycles. The van der Waals surface area contributed by atoms with Gasteiger partial charge >= 0.3 is 0 Å². The molecular weight excluding hydrogens is 198 g/mol. The fourth-order valence-corrected chi connectivity index (χ4v) is 1.49. The topological polar surface area (TPSA) is 67.8 Å². The zero-order valence-electron chi connectivity index (χ0n) is 9.45. The molecule has 1 fully saturated rings. The third-order valence-corrected chi connectivity index (χ3v) is 2.95. The van der Waals surface area contributed by atoms with Gasteiger partial charge in [0.25, 0.3) is 0 Å². The molecular formula is C10H19NO4. The molecule has 1 rings (SSSR count). The lowest BCUT2D eigenvalue weighted by atomic mass is 9.97. The zero-order valence-corrected chi connectivity index (χ0v) is 9.45. The first kappa shape index (κ1) is 12.4. The largest absolute Gasteiger partial charge is 0.385 e. The molecule has 1 amide bonds. The van der Waals surface area contributed by atoms with Crippen LogP contribution in [0.15, 0.2) is 0 Å². The summed E-state index contributed by atoms with van der Waals surface area (Å²) in [5.74, 6) is -0.218. The van der Waals surface area contributed by atoms with E-state index >= 15 is 0 Å². The summed E-state index contributed by atoms with van der Waals surface area (Å²) in [7, 11) is 1.47. The number of carbonyl (C=O) groups is 1. The van der Waals surface area contributed by atoms with Gasteiger partial charge in [0.2, 0.25) is 5.91 Å². The van der Waals surface area contributed by atoms with E-state index < -0.39 is 11.7 Å².